The smallest absolute Gasteiger partial charge is 0.292 e. The molecule has 2 heterocycles. The third kappa shape index (κ3) is 2.16. The van der Waals surface area contributed by atoms with E-state index >= 15 is 0 Å². The van der Waals surface area contributed by atoms with E-state index in [0.717, 1.165) is 0 Å². The number of carbonyl (C=O) groups is 1. The molecule has 1 amide bonds. The Morgan fingerprint density at radius 1 is 1.71 bits per heavy atom. The maximum absolute atomic E-state index is 11.7. The number of aromatic amines is 1. The van der Waals surface area contributed by atoms with Crippen LogP contribution < -0.4 is 5.32 Å². The summed E-state index contributed by atoms with van der Waals surface area (Å²) in [5.74, 6) is 0.0234. The molecule has 0 saturated carbocycles. The lowest BCUT2D eigenvalue weighted by Gasteiger charge is -1.99. The number of hydrogen-bond acceptors (Lipinski definition) is 5. The molecule has 0 radical (unpaired) electrons. The van der Waals surface area contributed by atoms with Crippen LogP contribution in [0, 0.1) is 11.3 Å². The largest absolute Gasteiger partial charge is 0.459 e. The van der Waals surface area contributed by atoms with Crippen LogP contribution in [-0.4, -0.2) is 22.4 Å². The molecule has 0 unspecified atom stereocenters. The van der Waals surface area contributed by atoms with Crippen molar-refractivity contribution in [1.29, 1.82) is 5.26 Å². The minimum atomic E-state index is -0.428. The Hall–Kier alpha value is -2.20. The molecule has 7 heteroatoms. The highest BCUT2D eigenvalue weighted by Gasteiger charge is 2.16. The van der Waals surface area contributed by atoms with Crippen molar-refractivity contribution in [3.63, 3.8) is 0 Å². The van der Waals surface area contributed by atoms with Crippen molar-refractivity contribution in [2.75, 3.05) is 11.6 Å². The number of H-pyrrole nitrogens is 1. The highest BCUT2D eigenvalue weighted by Crippen LogP contribution is 2.23. The van der Waals surface area contributed by atoms with Gasteiger partial charge in [-0.25, -0.2) is 0 Å². The Bertz CT molecular complexity index is 568. The van der Waals surface area contributed by atoms with Crippen molar-refractivity contribution in [2.45, 2.75) is 5.03 Å². The minimum absolute atomic E-state index is 0.175. The molecule has 0 atom stereocenters. The molecule has 0 fully saturated rings. The lowest BCUT2D eigenvalue weighted by molar-refractivity contribution is 0.0996. The van der Waals surface area contributed by atoms with Gasteiger partial charge in [0.15, 0.2) is 5.76 Å². The van der Waals surface area contributed by atoms with Crippen LogP contribution in [0.15, 0.2) is 27.8 Å². The second kappa shape index (κ2) is 4.76. The first-order chi connectivity index (χ1) is 8.26. The highest BCUT2D eigenvalue weighted by atomic mass is 32.2. The molecule has 0 aromatic carbocycles. The molecular weight excluding hydrogens is 240 g/mol. The van der Waals surface area contributed by atoms with Crippen LogP contribution in [0.2, 0.25) is 0 Å². The predicted octanol–water partition coefficient (Wildman–Crippen LogP) is 1.85. The van der Waals surface area contributed by atoms with Crippen molar-refractivity contribution >= 4 is 23.5 Å². The summed E-state index contributed by atoms with van der Waals surface area (Å²) in [6.45, 7) is 0. The Labute approximate surface area is 101 Å². The molecule has 2 aromatic rings. The average molecular weight is 248 g/mol. The molecule has 0 bridgehead atoms. The number of nitrogens with one attached hydrogen (secondary N) is 2. The first-order valence-corrected chi connectivity index (χ1v) is 5.86. The quantitative estimate of drug-likeness (QED) is 0.808. The number of furan rings is 1. The standard InChI is InChI=1S/C10H8N4O2S/c1-17-10-6(5-11)8(13-14-10)12-9(15)7-3-2-4-16-7/h2-4H,1H3,(H2,12,13,14,15). The normalized spacial score (nSPS) is 9.88. The molecule has 2 aromatic heterocycles. The van der Waals surface area contributed by atoms with E-state index in [1.165, 1.54) is 24.1 Å². The van der Waals surface area contributed by atoms with Gasteiger partial charge < -0.3 is 9.73 Å². The van der Waals surface area contributed by atoms with Crippen LogP contribution in [0.1, 0.15) is 16.1 Å². The number of hydrogen-bond donors (Lipinski definition) is 2. The van der Waals surface area contributed by atoms with E-state index in [1.54, 1.807) is 12.3 Å². The lowest BCUT2D eigenvalue weighted by atomic mass is 10.3. The summed E-state index contributed by atoms with van der Waals surface area (Å²) >= 11 is 1.33. The summed E-state index contributed by atoms with van der Waals surface area (Å²) in [5.41, 5.74) is 0.317. The number of aromatic nitrogens is 2. The molecule has 0 saturated heterocycles. The number of anilines is 1. The van der Waals surface area contributed by atoms with Crippen molar-refractivity contribution < 1.29 is 9.21 Å². The van der Waals surface area contributed by atoms with Crippen molar-refractivity contribution in [3.05, 3.63) is 29.7 Å². The summed E-state index contributed by atoms with van der Waals surface area (Å²) in [4.78, 5) is 11.7. The fourth-order valence-electron chi connectivity index (χ4n) is 1.25. The zero-order valence-corrected chi connectivity index (χ0v) is 9.67. The van der Waals surface area contributed by atoms with E-state index in [-0.39, 0.29) is 11.6 Å². The second-order valence-electron chi connectivity index (χ2n) is 3.03. The third-order valence-electron chi connectivity index (χ3n) is 2.02. The van der Waals surface area contributed by atoms with E-state index in [4.69, 9.17) is 9.68 Å². The van der Waals surface area contributed by atoms with Crippen molar-refractivity contribution in [3.8, 4) is 6.07 Å². The molecule has 0 aliphatic rings. The highest BCUT2D eigenvalue weighted by molar-refractivity contribution is 7.98. The second-order valence-corrected chi connectivity index (χ2v) is 3.82. The number of thioether (sulfide) groups is 1. The Balaban J connectivity index is 2.23. The monoisotopic (exact) mass is 248 g/mol. The fraction of sp³-hybridized carbons (Fsp3) is 0.100. The van der Waals surface area contributed by atoms with Gasteiger partial charge in [-0.05, 0) is 18.4 Å². The molecule has 0 aliphatic carbocycles. The number of rotatable bonds is 3. The molecule has 0 aliphatic heterocycles. The summed E-state index contributed by atoms with van der Waals surface area (Å²) in [5, 5.41) is 18.6. The number of carbonyl (C=O) groups excluding carboxylic acids is 1. The van der Waals surface area contributed by atoms with Crippen molar-refractivity contribution in [2.24, 2.45) is 0 Å². The summed E-state index contributed by atoms with van der Waals surface area (Å²) in [7, 11) is 0. The minimum Gasteiger partial charge on any atom is -0.459 e. The van der Waals surface area contributed by atoms with Crippen LogP contribution in [0.25, 0.3) is 0 Å². The lowest BCUT2D eigenvalue weighted by Crippen LogP contribution is -2.12. The zero-order chi connectivity index (χ0) is 12.3. The Kier molecular flexibility index (Phi) is 3.16. The van der Waals surface area contributed by atoms with Gasteiger partial charge in [0, 0.05) is 0 Å². The van der Waals surface area contributed by atoms with Gasteiger partial charge >= 0.3 is 0 Å². The number of amides is 1. The summed E-state index contributed by atoms with van der Waals surface area (Å²) in [6, 6.07) is 5.13. The van der Waals surface area contributed by atoms with E-state index < -0.39 is 5.91 Å². The number of nitriles is 1. The van der Waals surface area contributed by atoms with Crippen LogP contribution in [0.5, 0.6) is 0 Å². The molecular formula is C10H8N4O2S. The first kappa shape index (κ1) is 11.3. The van der Waals surface area contributed by atoms with Gasteiger partial charge in [-0.1, -0.05) is 0 Å². The van der Waals surface area contributed by atoms with Gasteiger partial charge in [0.05, 0.1) is 6.26 Å². The van der Waals surface area contributed by atoms with Crippen LogP contribution in [-0.2, 0) is 0 Å². The zero-order valence-electron chi connectivity index (χ0n) is 8.85. The fourth-order valence-corrected chi connectivity index (χ4v) is 1.74. The van der Waals surface area contributed by atoms with Crippen LogP contribution in [0.4, 0.5) is 5.82 Å². The molecule has 86 valence electrons. The summed E-state index contributed by atoms with van der Waals surface area (Å²) in [6.07, 6.45) is 3.20. The van der Waals surface area contributed by atoms with Gasteiger partial charge in [0.1, 0.15) is 22.5 Å². The maximum atomic E-state index is 11.7. The average Bonchev–Trinajstić information content (AvgIpc) is 2.97. The van der Waals surface area contributed by atoms with E-state index in [9.17, 15) is 4.79 Å². The predicted molar refractivity (Wildman–Crippen MR) is 61.7 cm³/mol. The molecule has 2 N–H and O–H groups in total. The molecule has 0 spiro atoms. The van der Waals surface area contributed by atoms with Gasteiger partial charge in [0.25, 0.3) is 5.91 Å². The summed E-state index contributed by atoms with van der Waals surface area (Å²) < 4.78 is 4.94. The van der Waals surface area contributed by atoms with Gasteiger partial charge in [0.2, 0.25) is 0 Å². The van der Waals surface area contributed by atoms with Gasteiger partial charge in [-0.2, -0.15) is 10.4 Å². The molecule has 17 heavy (non-hydrogen) atoms. The third-order valence-corrected chi connectivity index (χ3v) is 2.70. The maximum Gasteiger partial charge on any atom is 0.292 e. The van der Waals surface area contributed by atoms with Crippen LogP contribution >= 0.6 is 11.8 Å². The van der Waals surface area contributed by atoms with Crippen LogP contribution in [0.3, 0.4) is 0 Å². The Morgan fingerprint density at radius 3 is 3.12 bits per heavy atom. The van der Waals surface area contributed by atoms with Gasteiger partial charge in [-0.3, -0.25) is 9.89 Å². The van der Waals surface area contributed by atoms with Gasteiger partial charge in [-0.15, -0.1) is 11.8 Å². The first-order valence-electron chi connectivity index (χ1n) is 4.63. The Morgan fingerprint density at radius 2 is 2.53 bits per heavy atom. The van der Waals surface area contributed by atoms with E-state index in [1.807, 2.05) is 6.07 Å². The van der Waals surface area contributed by atoms with E-state index in [2.05, 4.69) is 15.5 Å². The van der Waals surface area contributed by atoms with E-state index in [0.29, 0.717) is 10.6 Å². The number of nitrogens with zero attached hydrogens (tertiary/aromatic N) is 2. The SMILES string of the molecule is CSc1n[nH]c(NC(=O)c2ccco2)c1C#N. The topological polar surface area (TPSA) is 94.7 Å². The van der Waals surface area contributed by atoms with Crippen molar-refractivity contribution in [1.82, 2.24) is 10.2 Å². The molecule has 2 rings (SSSR count). The molecule has 6 nitrogen and oxygen atoms in total.